The van der Waals surface area contributed by atoms with Crippen molar-refractivity contribution in [2.45, 2.75) is 26.5 Å². The van der Waals surface area contributed by atoms with E-state index in [2.05, 4.69) is 26.1 Å². The maximum atomic E-state index is 12.0. The molecule has 106 valence electrons. The van der Waals surface area contributed by atoms with Gasteiger partial charge in [-0.3, -0.25) is 0 Å². The van der Waals surface area contributed by atoms with Gasteiger partial charge in [-0.15, -0.1) is 0 Å². The van der Waals surface area contributed by atoms with E-state index in [-0.39, 0.29) is 18.5 Å². The third-order valence-electron chi connectivity index (χ3n) is 2.53. The summed E-state index contributed by atoms with van der Waals surface area (Å²) < 4.78 is 28.2. The van der Waals surface area contributed by atoms with Crippen LogP contribution in [0.1, 0.15) is 18.9 Å². The molecule has 0 spiro atoms. The Balaban J connectivity index is 1.84. The molecule has 0 radical (unpaired) electrons. The van der Waals surface area contributed by atoms with Gasteiger partial charge in [-0.1, -0.05) is 5.73 Å². The molecule has 0 saturated carbocycles. The molecule has 7 heteroatoms. The summed E-state index contributed by atoms with van der Waals surface area (Å²) in [4.78, 5) is 15.2. The van der Waals surface area contributed by atoms with Crippen LogP contribution in [0.25, 0.3) is 0 Å². The van der Waals surface area contributed by atoms with Crippen LogP contribution < -0.4 is 15.4 Å². The van der Waals surface area contributed by atoms with Gasteiger partial charge in [0.05, 0.1) is 5.70 Å². The Kier molecular flexibility index (Phi) is 4.32. The second-order valence-electron chi connectivity index (χ2n) is 4.25. The largest absolute Gasteiger partial charge is 0.417 e. The molecule has 0 aliphatic heterocycles. The fourth-order valence-electron chi connectivity index (χ4n) is 1.66. The van der Waals surface area contributed by atoms with Crippen molar-refractivity contribution >= 4 is 6.03 Å². The number of amides is 2. The van der Waals surface area contributed by atoms with Gasteiger partial charge in [0.1, 0.15) is 0 Å². The quantitative estimate of drug-likeness (QED) is 0.814. The minimum atomic E-state index is -2.92. The van der Waals surface area contributed by atoms with Crippen LogP contribution in [0.2, 0.25) is 0 Å². The van der Waals surface area contributed by atoms with Crippen molar-refractivity contribution in [2.24, 2.45) is 0 Å². The standard InChI is InChI=1S/C13H13F2N3O2/c1-8-4-10(5-8)18-13(19)17-7-9-2-3-16-11(6-9)20-12(14)15/h2-3,6,12H,4,7H2,1H3,(H2,17,18,19). The normalized spacial score (nSPS) is 13.2. The number of alkyl halides is 2. The second kappa shape index (κ2) is 6.16. The fourth-order valence-corrected chi connectivity index (χ4v) is 1.66. The van der Waals surface area contributed by atoms with E-state index in [1.165, 1.54) is 12.3 Å². The number of pyridine rings is 1. The number of rotatable bonds is 5. The maximum absolute atomic E-state index is 12.0. The predicted molar refractivity (Wildman–Crippen MR) is 67.1 cm³/mol. The molecule has 20 heavy (non-hydrogen) atoms. The molecule has 1 aliphatic rings. The Morgan fingerprint density at radius 2 is 2.35 bits per heavy atom. The van der Waals surface area contributed by atoms with Crippen LogP contribution >= 0.6 is 0 Å². The molecule has 0 atom stereocenters. The van der Waals surface area contributed by atoms with Gasteiger partial charge in [-0.25, -0.2) is 9.78 Å². The zero-order chi connectivity index (χ0) is 14.5. The van der Waals surface area contributed by atoms with Gasteiger partial charge in [0.25, 0.3) is 0 Å². The van der Waals surface area contributed by atoms with Crippen molar-refractivity contribution in [2.75, 3.05) is 0 Å². The van der Waals surface area contributed by atoms with Crippen molar-refractivity contribution in [1.82, 2.24) is 15.6 Å². The van der Waals surface area contributed by atoms with Gasteiger partial charge in [0.2, 0.25) is 5.88 Å². The lowest BCUT2D eigenvalue weighted by molar-refractivity contribution is -0.0528. The molecule has 1 aromatic rings. The molecule has 0 unspecified atom stereocenters. The predicted octanol–water partition coefficient (Wildman–Crippen LogP) is 2.32. The molecule has 5 nitrogen and oxygen atoms in total. The molecule has 0 saturated heterocycles. The van der Waals surface area contributed by atoms with Crippen molar-refractivity contribution in [3.05, 3.63) is 40.9 Å². The second-order valence-corrected chi connectivity index (χ2v) is 4.25. The molecular formula is C13H13F2N3O2. The maximum Gasteiger partial charge on any atom is 0.388 e. The summed E-state index contributed by atoms with van der Waals surface area (Å²) in [6, 6.07) is 2.58. The number of carbonyl (C=O) groups excluding carboxylic acids is 1. The van der Waals surface area contributed by atoms with Gasteiger partial charge in [0.15, 0.2) is 0 Å². The highest BCUT2D eigenvalue weighted by atomic mass is 19.3. The third kappa shape index (κ3) is 4.07. The smallest absolute Gasteiger partial charge is 0.388 e. The first-order chi connectivity index (χ1) is 9.52. The average molecular weight is 281 g/mol. The number of nitrogens with zero attached hydrogens (tertiary/aromatic N) is 1. The molecule has 1 aliphatic carbocycles. The van der Waals surface area contributed by atoms with Crippen LogP contribution in [0.3, 0.4) is 0 Å². The minimum Gasteiger partial charge on any atom is -0.417 e. The molecule has 1 aromatic heterocycles. The summed E-state index contributed by atoms with van der Waals surface area (Å²) in [6.07, 6.45) is 2.06. The molecule has 2 N–H and O–H groups in total. The number of aromatic nitrogens is 1. The summed E-state index contributed by atoms with van der Waals surface area (Å²) in [5.41, 5.74) is 5.38. The first kappa shape index (κ1) is 14.0. The number of hydrogen-bond donors (Lipinski definition) is 2. The highest BCUT2D eigenvalue weighted by molar-refractivity contribution is 5.76. The molecular weight excluding hydrogens is 268 g/mol. The van der Waals surface area contributed by atoms with Gasteiger partial charge in [0, 0.05) is 25.2 Å². The molecule has 0 aromatic carbocycles. The van der Waals surface area contributed by atoms with E-state index in [4.69, 9.17) is 0 Å². The number of hydrogen-bond acceptors (Lipinski definition) is 3. The molecule has 0 bridgehead atoms. The van der Waals surface area contributed by atoms with E-state index in [0.29, 0.717) is 5.56 Å². The Morgan fingerprint density at radius 1 is 1.60 bits per heavy atom. The Bertz CT molecular complexity index is 581. The van der Waals surface area contributed by atoms with Gasteiger partial charge < -0.3 is 15.4 Å². The number of carbonyl (C=O) groups is 1. The van der Waals surface area contributed by atoms with Gasteiger partial charge in [-0.2, -0.15) is 8.78 Å². The van der Waals surface area contributed by atoms with Crippen LogP contribution in [0, 0.1) is 0 Å². The van der Waals surface area contributed by atoms with E-state index >= 15 is 0 Å². The van der Waals surface area contributed by atoms with E-state index in [1.807, 2.05) is 6.92 Å². The highest BCUT2D eigenvalue weighted by Gasteiger charge is 2.11. The van der Waals surface area contributed by atoms with Crippen LogP contribution in [-0.2, 0) is 6.54 Å². The van der Waals surface area contributed by atoms with Gasteiger partial charge >= 0.3 is 12.6 Å². The van der Waals surface area contributed by atoms with E-state index in [9.17, 15) is 13.6 Å². The topological polar surface area (TPSA) is 63.2 Å². The van der Waals surface area contributed by atoms with E-state index in [1.54, 1.807) is 6.07 Å². The van der Waals surface area contributed by atoms with Crippen molar-refractivity contribution in [3.63, 3.8) is 0 Å². The number of ether oxygens (including phenoxy) is 1. The Morgan fingerprint density at radius 3 is 3.00 bits per heavy atom. The molecule has 2 amide bonds. The summed E-state index contributed by atoms with van der Waals surface area (Å²) in [6.45, 7) is -0.816. The van der Waals surface area contributed by atoms with Crippen LogP contribution in [0.5, 0.6) is 5.88 Å². The zero-order valence-electron chi connectivity index (χ0n) is 10.7. The third-order valence-corrected chi connectivity index (χ3v) is 2.53. The Hall–Kier alpha value is -2.40. The van der Waals surface area contributed by atoms with Gasteiger partial charge in [-0.05, 0) is 24.1 Å². The summed E-state index contributed by atoms with van der Waals surface area (Å²) in [7, 11) is 0. The lowest BCUT2D eigenvalue weighted by atomic mass is 10.1. The lowest BCUT2D eigenvalue weighted by Crippen LogP contribution is -2.35. The molecule has 2 rings (SSSR count). The molecule has 0 fully saturated rings. The first-order valence-electron chi connectivity index (χ1n) is 5.93. The fraction of sp³-hybridized carbons (Fsp3) is 0.308. The Labute approximate surface area is 114 Å². The number of halogens is 2. The van der Waals surface area contributed by atoms with Crippen molar-refractivity contribution in [3.8, 4) is 5.88 Å². The van der Waals surface area contributed by atoms with Crippen LogP contribution in [0.4, 0.5) is 13.6 Å². The van der Waals surface area contributed by atoms with Crippen molar-refractivity contribution in [1.29, 1.82) is 0 Å². The van der Waals surface area contributed by atoms with Crippen molar-refractivity contribution < 1.29 is 18.3 Å². The van der Waals surface area contributed by atoms with Crippen LogP contribution in [0.15, 0.2) is 35.3 Å². The van der Waals surface area contributed by atoms with E-state index in [0.717, 1.165) is 17.7 Å². The van der Waals surface area contributed by atoms with E-state index < -0.39 is 6.61 Å². The number of urea groups is 1. The highest BCUT2D eigenvalue weighted by Crippen LogP contribution is 2.15. The summed E-state index contributed by atoms with van der Waals surface area (Å²) >= 11 is 0. The average Bonchev–Trinajstić information content (AvgIpc) is 2.34. The summed E-state index contributed by atoms with van der Waals surface area (Å²) in [5, 5.41) is 5.23. The first-order valence-corrected chi connectivity index (χ1v) is 5.93. The zero-order valence-corrected chi connectivity index (χ0v) is 10.7. The molecule has 1 heterocycles. The summed E-state index contributed by atoms with van der Waals surface area (Å²) in [5.74, 6) is -0.181. The minimum absolute atomic E-state index is 0.181. The number of nitrogens with one attached hydrogen (secondary N) is 2. The lowest BCUT2D eigenvalue weighted by Gasteiger charge is -2.14. The monoisotopic (exact) mass is 281 g/mol. The SMILES string of the molecule is CC1=C=C(NC(=O)NCc2ccnc(OC(F)F)c2)C1. The van der Waals surface area contributed by atoms with Crippen LogP contribution in [-0.4, -0.2) is 17.6 Å².